The van der Waals surface area contributed by atoms with E-state index in [-0.39, 0.29) is 18.1 Å². The summed E-state index contributed by atoms with van der Waals surface area (Å²) < 4.78 is 1.72. The molecule has 0 radical (unpaired) electrons. The molecule has 1 heterocycles. The number of halogens is 1. The molecule has 0 unspecified atom stereocenters. The van der Waals surface area contributed by atoms with Crippen LogP contribution in [0.3, 0.4) is 0 Å². The van der Waals surface area contributed by atoms with Crippen LogP contribution in [0.15, 0.2) is 59.8 Å². The van der Waals surface area contributed by atoms with Crippen LogP contribution in [0.1, 0.15) is 11.4 Å². The smallest absolute Gasteiger partial charge is 0.311 e. The van der Waals surface area contributed by atoms with Crippen molar-refractivity contribution in [1.82, 2.24) is 14.8 Å². The van der Waals surface area contributed by atoms with Crippen LogP contribution in [-0.2, 0) is 22.6 Å². The van der Waals surface area contributed by atoms with Gasteiger partial charge in [-0.3, -0.25) is 9.59 Å². The Labute approximate surface area is 170 Å². The quantitative estimate of drug-likeness (QED) is 0.546. The number of carbonyl (C=O) groups is 2. The molecule has 3 aromatic rings. The summed E-state index contributed by atoms with van der Waals surface area (Å²) in [7, 11) is 0. The van der Waals surface area contributed by atoms with Crippen LogP contribution in [0.25, 0.3) is 0 Å². The van der Waals surface area contributed by atoms with Crippen LogP contribution in [0.2, 0.25) is 5.02 Å². The number of rotatable bonds is 8. The van der Waals surface area contributed by atoms with Crippen molar-refractivity contribution in [1.29, 1.82) is 0 Å². The Hall–Kier alpha value is -2.84. The lowest BCUT2D eigenvalue weighted by molar-refractivity contribution is -0.136. The van der Waals surface area contributed by atoms with Gasteiger partial charge in [0, 0.05) is 10.7 Å². The lowest BCUT2D eigenvalue weighted by atomic mass is 10.2. The fourth-order valence-electron chi connectivity index (χ4n) is 2.51. The minimum atomic E-state index is -0.989. The molecular formula is C19H17ClN4O3S. The molecule has 0 fully saturated rings. The molecule has 1 amide bonds. The summed E-state index contributed by atoms with van der Waals surface area (Å²) in [5, 5.41) is 21.0. The number of amides is 1. The van der Waals surface area contributed by atoms with Crippen LogP contribution in [0, 0.1) is 0 Å². The Bertz CT molecular complexity index is 978. The van der Waals surface area contributed by atoms with Crippen molar-refractivity contribution in [2.24, 2.45) is 0 Å². The monoisotopic (exact) mass is 416 g/mol. The number of thioether (sulfide) groups is 1. The maximum atomic E-state index is 12.2. The first-order valence-electron chi connectivity index (χ1n) is 8.37. The van der Waals surface area contributed by atoms with Crippen molar-refractivity contribution < 1.29 is 14.7 Å². The fraction of sp³-hybridized carbons (Fsp3) is 0.158. The number of carboxylic acids is 1. The number of anilines is 1. The van der Waals surface area contributed by atoms with Crippen molar-refractivity contribution in [3.05, 3.63) is 71.0 Å². The van der Waals surface area contributed by atoms with E-state index >= 15 is 0 Å². The number of aliphatic carboxylic acids is 1. The zero-order valence-electron chi connectivity index (χ0n) is 14.7. The van der Waals surface area contributed by atoms with E-state index < -0.39 is 5.97 Å². The van der Waals surface area contributed by atoms with Crippen LogP contribution in [-0.4, -0.2) is 37.5 Å². The number of nitrogens with zero attached hydrogens (tertiary/aromatic N) is 3. The zero-order valence-corrected chi connectivity index (χ0v) is 16.3. The standard InChI is InChI=1S/C19H17ClN4O3S/c20-14-7-4-8-15(9-14)21-17(25)12-28-19-23-22-16(10-18(26)27)24(19)11-13-5-2-1-3-6-13/h1-9H,10-12H2,(H,21,25)(H,26,27). The molecule has 0 spiro atoms. The van der Waals surface area contributed by atoms with Crippen LogP contribution >= 0.6 is 23.4 Å². The Kier molecular flexibility index (Phi) is 6.67. The highest BCUT2D eigenvalue weighted by molar-refractivity contribution is 7.99. The van der Waals surface area contributed by atoms with E-state index in [4.69, 9.17) is 16.7 Å². The molecular weight excluding hydrogens is 400 g/mol. The number of benzene rings is 2. The summed E-state index contributed by atoms with van der Waals surface area (Å²) in [4.78, 5) is 23.3. The Balaban J connectivity index is 1.71. The summed E-state index contributed by atoms with van der Waals surface area (Å²) in [6.45, 7) is 0.425. The molecule has 0 aliphatic carbocycles. The largest absolute Gasteiger partial charge is 0.481 e. The van der Waals surface area contributed by atoms with Gasteiger partial charge in [0.05, 0.1) is 12.3 Å². The number of carbonyl (C=O) groups excluding carboxylic acids is 1. The highest BCUT2D eigenvalue weighted by Gasteiger charge is 2.17. The van der Waals surface area contributed by atoms with Crippen molar-refractivity contribution in [2.45, 2.75) is 18.1 Å². The first kappa shape index (κ1) is 19.9. The number of aromatic nitrogens is 3. The number of carboxylic acid groups (broad SMARTS) is 1. The minimum Gasteiger partial charge on any atom is -0.481 e. The molecule has 28 heavy (non-hydrogen) atoms. The highest BCUT2D eigenvalue weighted by Crippen LogP contribution is 2.20. The van der Waals surface area contributed by atoms with E-state index in [9.17, 15) is 9.59 Å². The highest BCUT2D eigenvalue weighted by atomic mass is 35.5. The molecule has 0 saturated carbocycles. The van der Waals surface area contributed by atoms with Gasteiger partial charge in [-0.2, -0.15) is 0 Å². The van der Waals surface area contributed by atoms with Crippen molar-refractivity contribution >= 4 is 40.9 Å². The van der Waals surface area contributed by atoms with Crippen molar-refractivity contribution in [2.75, 3.05) is 11.1 Å². The van der Waals surface area contributed by atoms with Crippen LogP contribution in [0.5, 0.6) is 0 Å². The SMILES string of the molecule is O=C(O)Cc1nnc(SCC(=O)Nc2cccc(Cl)c2)n1Cc1ccccc1. The first-order chi connectivity index (χ1) is 13.5. The van der Waals surface area contributed by atoms with Gasteiger partial charge in [0.25, 0.3) is 0 Å². The maximum Gasteiger partial charge on any atom is 0.311 e. The summed E-state index contributed by atoms with van der Waals surface area (Å²) >= 11 is 7.11. The van der Waals surface area contributed by atoms with E-state index in [1.807, 2.05) is 30.3 Å². The molecule has 0 aliphatic heterocycles. The third-order valence-electron chi connectivity index (χ3n) is 3.73. The number of hydrogen-bond acceptors (Lipinski definition) is 5. The predicted molar refractivity (Wildman–Crippen MR) is 108 cm³/mol. The van der Waals surface area contributed by atoms with Gasteiger partial charge in [-0.05, 0) is 23.8 Å². The van der Waals surface area contributed by atoms with Gasteiger partial charge in [0.15, 0.2) is 5.16 Å². The summed E-state index contributed by atoms with van der Waals surface area (Å²) in [5.74, 6) is -0.764. The maximum absolute atomic E-state index is 12.2. The normalized spacial score (nSPS) is 10.6. The van der Waals surface area contributed by atoms with Gasteiger partial charge in [-0.25, -0.2) is 0 Å². The molecule has 0 bridgehead atoms. The van der Waals surface area contributed by atoms with Gasteiger partial charge in [-0.15, -0.1) is 10.2 Å². The van der Waals surface area contributed by atoms with E-state index in [0.29, 0.717) is 28.2 Å². The Morgan fingerprint density at radius 3 is 2.61 bits per heavy atom. The number of hydrogen-bond donors (Lipinski definition) is 2. The molecule has 0 saturated heterocycles. The van der Waals surface area contributed by atoms with E-state index in [1.165, 1.54) is 11.8 Å². The third-order valence-corrected chi connectivity index (χ3v) is 4.93. The van der Waals surface area contributed by atoms with E-state index in [1.54, 1.807) is 28.8 Å². The Morgan fingerprint density at radius 2 is 1.89 bits per heavy atom. The summed E-state index contributed by atoms with van der Waals surface area (Å²) in [6, 6.07) is 16.5. The molecule has 7 nitrogen and oxygen atoms in total. The van der Waals surface area contributed by atoms with Crippen molar-refractivity contribution in [3.8, 4) is 0 Å². The van der Waals surface area contributed by atoms with E-state index in [0.717, 1.165) is 5.56 Å². The van der Waals surface area contributed by atoms with E-state index in [2.05, 4.69) is 15.5 Å². The molecule has 0 atom stereocenters. The average Bonchev–Trinajstić information content (AvgIpc) is 3.02. The van der Waals surface area contributed by atoms with Crippen molar-refractivity contribution in [3.63, 3.8) is 0 Å². The average molecular weight is 417 g/mol. The second kappa shape index (κ2) is 9.38. The molecule has 1 aromatic heterocycles. The zero-order chi connectivity index (χ0) is 19.9. The second-order valence-electron chi connectivity index (χ2n) is 5.89. The lowest BCUT2D eigenvalue weighted by Crippen LogP contribution is -2.15. The van der Waals surface area contributed by atoms with Crippen LogP contribution in [0.4, 0.5) is 5.69 Å². The van der Waals surface area contributed by atoms with Gasteiger partial charge < -0.3 is 15.0 Å². The summed E-state index contributed by atoms with van der Waals surface area (Å²) in [5.41, 5.74) is 1.59. The molecule has 3 rings (SSSR count). The van der Waals surface area contributed by atoms with Gasteiger partial charge in [0.2, 0.25) is 5.91 Å². The molecule has 2 N–H and O–H groups in total. The first-order valence-corrected chi connectivity index (χ1v) is 9.73. The third kappa shape index (κ3) is 5.58. The molecule has 9 heteroatoms. The second-order valence-corrected chi connectivity index (χ2v) is 7.27. The molecule has 2 aromatic carbocycles. The van der Waals surface area contributed by atoms with Gasteiger partial charge >= 0.3 is 5.97 Å². The van der Waals surface area contributed by atoms with Gasteiger partial charge in [-0.1, -0.05) is 59.8 Å². The topological polar surface area (TPSA) is 97.1 Å². The Morgan fingerprint density at radius 1 is 1.11 bits per heavy atom. The van der Waals surface area contributed by atoms with Crippen LogP contribution < -0.4 is 5.32 Å². The van der Waals surface area contributed by atoms with Gasteiger partial charge in [0.1, 0.15) is 12.2 Å². The molecule has 0 aliphatic rings. The summed E-state index contributed by atoms with van der Waals surface area (Å²) in [6.07, 6.45) is -0.241. The minimum absolute atomic E-state index is 0.104. The predicted octanol–water partition coefficient (Wildman–Crippen LogP) is 3.34. The molecule has 144 valence electrons. The lowest BCUT2D eigenvalue weighted by Gasteiger charge is -2.10. The fourth-order valence-corrected chi connectivity index (χ4v) is 3.46. The number of nitrogens with one attached hydrogen (secondary N) is 1.